The van der Waals surface area contributed by atoms with Crippen molar-refractivity contribution in [3.8, 4) is 0 Å². The van der Waals surface area contributed by atoms with Crippen LogP contribution in [0.15, 0.2) is 24.3 Å². The number of hydrogen-bond donors (Lipinski definition) is 3. The van der Waals surface area contributed by atoms with Crippen LogP contribution in [0.2, 0.25) is 0 Å². The van der Waals surface area contributed by atoms with Crippen molar-refractivity contribution in [3.05, 3.63) is 29.8 Å². The zero-order valence-electron chi connectivity index (χ0n) is 10.3. The highest BCUT2D eigenvalue weighted by molar-refractivity contribution is 5.88. The number of carboxylic acid groups (broad SMARTS) is 1. The lowest BCUT2D eigenvalue weighted by molar-refractivity contribution is -0.137. The first-order chi connectivity index (χ1) is 8.49. The normalized spacial score (nSPS) is 11.9. The van der Waals surface area contributed by atoms with Gasteiger partial charge in [0.05, 0.1) is 0 Å². The minimum atomic E-state index is -0.803. The van der Waals surface area contributed by atoms with Gasteiger partial charge in [-0.2, -0.15) is 0 Å². The maximum atomic E-state index is 10.8. The molecule has 0 aromatic heterocycles. The molecule has 1 aromatic carbocycles. The molecule has 1 aromatic rings. The Labute approximate surface area is 106 Å². The van der Waals surface area contributed by atoms with Crippen molar-refractivity contribution in [2.45, 2.75) is 32.2 Å². The maximum absolute atomic E-state index is 10.8. The number of benzene rings is 1. The molecule has 1 amide bonds. The highest BCUT2D eigenvalue weighted by atomic mass is 16.4. The largest absolute Gasteiger partial charge is 0.481 e. The van der Waals surface area contributed by atoms with Crippen molar-refractivity contribution in [1.29, 1.82) is 0 Å². The van der Waals surface area contributed by atoms with E-state index < -0.39 is 5.97 Å². The maximum Gasteiger partial charge on any atom is 0.303 e. The zero-order valence-corrected chi connectivity index (χ0v) is 10.3. The van der Waals surface area contributed by atoms with E-state index in [1.807, 2.05) is 12.1 Å². The predicted molar refractivity (Wildman–Crippen MR) is 69.2 cm³/mol. The first kappa shape index (κ1) is 14.2. The number of carbonyl (C=O) groups is 2. The number of carboxylic acids is 1. The lowest BCUT2D eigenvalue weighted by Gasteiger charge is -2.12. The summed E-state index contributed by atoms with van der Waals surface area (Å²) >= 11 is 0. The quantitative estimate of drug-likeness (QED) is 0.719. The van der Waals surface area contributed by atoms with Crippen LogP contribution in [0.25, 0.3) is 0 Å². The first-order valence-electron chi connectivity index (χ1n) is 5.84. The molecule has 0 aliphatic carbocycles. The van der Waals surface area contributed by atoms with Gasteiger partial charge in [-0.25, -0.2) is 0 Å². The number of carbonyl (C=O) groups excluding carboxylic acids is 1. The molecule has 0 heterocycles. The number of nitrogens with two attached hydrogens (primary N) is 1. The Morgan fingerprint density at radius 3 is 2.44 bits per heavy atom. The van der Waals surface area contributed by atoms with E-state index in [1.54, 1.807) is 12.1 Å². The molecule has 1 unspecified atom stereocenters. The molecule has 0 aliphatic heterocycles. The fraction of sp³-hybridized carbons (Fsp3) is 0.385. The number of hydrogen-bond acceptors (Lipinski definition) is 3. The first-order valence-corrected chi connectivity index (χ1v) is 5.84. The van der Waals surface area contributed by atoms with Crippen LogP contribution in [0, 0.1) is 0 Å². The second-order valence-electron chi connectivity index (χ2n) is 4.20. The highest BCUT2D eigenvalue weighted by Gasteiger charge is 2.07. The van der Waals surface area contributed by atoms with Gasteiger partial charge in [0.15, 0.2) is 0 Å². The van der Waals surface area contributed by atoms with Gasteiger partial charge in [0, 0.05) is 25.1 Å². The lowest BCUT2D eigenvalue weighted by Crippen LogP contribution is -2.11. The Kier molecular flexibility index (Phi) is 5.32. The average Bonchev–Trinajstić information content (AvgIpc) is 2.28. The summed E-state index contributed by atoms with van der Waals surface area (Å²) < 4.78 is 0. The van der Waals surface area contributed by atoms with Gasteiger partial charge in [-0.05, 0) is 30.5 Å². The fourth-order valence-electron chi connectivity index (χ4n) is 1.66. The molecular formula is C13H18N2O3. The summed E-state index contributed by atoms with van der Waals surface area (Å²) in [5.41, 5.74) is 7.62. The monoisotopic (exact) mass is 250 g/mol. The summed E-state index contributed by atoms with van der Waals surface area (Å²) in [5.74, 6) is -0.920. The molecule has 0 saturated heterocycles. The van der Waals surface area contributed by atoms with Crippen molar-refractivity contribution in [2.75, 3.05) is 5.32 Å². The number of aliphatic carboxylic acids is 1. The predicted octanol–water partition coefficient (Wildman–Crippen LogP) is 1.90. The molecule has 98 valence electrons. The van der Waals surface area contributed by atoms with Gasteiger partial charge in [-0.3, -0.25) is 9.59 Å². The standard InChI is InChI=1S/C13H18N2O3/c1-9(16)15-11-7-5-10(6-8-11)12(14)3-2-4-13(17)18/h5-8,12H,2-4,14H2,1H3,(H,15,16)(H,17,18). The SMILES string of the molecule is CC(=O)Nc1ccc(C(N)CCCC(=O)O)cc1. The minimum Gasteiger partial charge on any atom is -0.481 e. The van der Waals surface area contributed by atoms with Gasteiger partial charge >= 0.3 is 5.97 Å². The Morgan fingerprint density at radius 1 is 1.33 bits per heavy atom. The lowest BCUT2D eigenvalue weighted by atomic mass is 10.0. The van der Waals surface area contributed by atoms with Crippen LogP contribution in [0.1, 0.15) is 37.8 Å². The minimum absolute atomic E-state index is 0.117. The van der Waals surface area contributed by atoms with E-state index in [0.29, 0.717) is 12.8 Å². The van der Waals surface area contributed by atoms with Crippen LogP contribution >= 0.6 is 0 Å². The molecule has 1 atom stereocenters. The van der Waals surface area contributed by atoms with Gasteiger partial charge in [0.1, 0.15) is 0 Å². The van der Waals surface area contributed by atoms with Crippen molar-refractivity contribution in [1.82, 2.24) is 0 Å². The fourth-order valence-corrected chi connectivity index (χ4v) is 1.66. The van der Waals surface area contributed by atoms with Crippen molar-refractivity contribution in [3.63, 3.8) is 0 Å². The van der Waals surface area contributed by atoms with Crippen molar-refractivity contribution in [2.24, 2.45) is 5.73 Å². The molecule has 0 radical (unpaired) electrons. The topological polar surface area (TPSA) is 92.4 Å². The van der Waals surface area contributed by atoms with Crippen LogP contribution < -0.4 is 11.1 Å². The molecule has 5 heteroatoms. The molecule has 0 aliphatic rings. The average molecular weight is 250 g/mol. The Balaban J connectivity index is 2.50. The molecule has 0 bridgehead atoms. The summed E-state index contributed by atoms with van der Waals surface area (Å²) in [7, 11) is 0. The van der Waals surface area contributed by atoms with Crippen molar-refractivity contribution >= 4 is 17.6 Å². The third-order valence-electron chi connectivity index (χ3n) is 2.56. The van der Waals surface area contributed by atoms with Crippen LogP contribution in [0.3, 0.4) is 0 Å². The second-order valence-corrected chi connectivity index (χ2v) is 4.20. The molecule has 1 rings (SSSR count). The molecule has 5 nitrogen and oxygen atoms in total. The van der Waals surface area contributed by atoms with Gasteiger partial charge in [0.2, 0.25) is 5.91 Å². The number of amides is 1. The van der Waals surface area contributed by atoms with E-state index in [4.69, 9.17) is 10.8 Å². The van der Waals surface area contributed by atoms with Gasteiger partial charge in [-0.1, -0.05) is 12.1 Å². The summed E-state index contributed by atoms with van der Waals surface area (Å²) in [6.07, 6.45) is 1.33. The van der Waals surface area contributed by atoms with Gasteiger partial charge < -0.3 is 16.2 Å². The Morgan fingerprint density at radius 2 is 1.94 bits per heavy atom. The molecule has 0 spiro atoms. The van der Waals surface area contributed by atoms with E-state index in [0.717, 1.165) is 11.3 Å². The molecule has 0 fully saturated rings. The summed E-state index contributed by atoms with van der Waals surface area (Å²) in [5, 5.41) is 11.2. The van der Waals surface area contributed by atoms with Crippen LogP contribution in [0.4, 0.5) is 5.69 Å². The molecule has 0 saturated carbocycles. The Hall–Kier alpha value is -1.88. The van der Waals surface area contributed by atoms with Crippen LogP contribution in [-0.2, 0) is 9.59 Å². The van der Waals surface area contributed by atoms with Crippen LogP contribution in [0.5, 0.6) is 0 Å². The van der Waals surface area contributed by atoms with Crippen molar-refractivity contribution < 1.29 is 14.7 Å². The Bertz CT molecular complexity index is 415. The molecule has 18 heavy (non-hydrogen) atoms. The summed E-state index contributed by atoms with van der Waals surface area (Å²) in [6.45, 7) is 1.45. The summed E-state index contributed by atoms with van der Waals surface area (Å²) in [6, 6.07) is 7.09. The van der Waals surface area contributed by atoms with Gasteiger partial charge in [-0.15, -0.1) is 0 Å². The highest BCUT2D eigenvalue weighted by Crippen LogP contribution is 2.19. The third-order valence-corrected chi connectivity index (χ3v) is 2.56. The van der Waals surface area contributed by atoms with E-state index in [9.17, 15) is 9.59 Å². The smallest absolute Gasteiger partial charge is 0.303 e. The van der Waals surface area contributed by atoms with E-state index >= 15 is 0 Å². The zero-order chi connectivity index (χ0) is 13.5. The third kappa shape index (κ3) is 4.97. The summed E-state index contributed by atoms with van der Waals surface area (Å²) in [4.78, 5) is 21.2. The number of anilines is 1. The second kappa shape index (κ2) is 6.76. The molecular weight excluding hydrogens is 232 g/mol. The number of nitrogens with one attached hydrogen (secondary N) is 1. The van der Waals surface area contributed by atoms with Gasteiger partial charge in [0.25, 0.3) is 0 Å². The van der Waals surface area contributed by atoms with Crippen LogP contribution in [-0.4, -0.2) is 17.0 Å². The van der Waals surface area contributed by atoms with E-state index in [1.165, 1.54) is 6.92 Å². The number of rotatable bonds is 6. The van der Waals surface area contributed by atoms with E-state index in [2.05, 4.69) is 5.32 Å². The van der Waals surface area contributed by atoms with E-state index in [-0.39, 0.29) is 18.4 Å². The molecule has 4 N–H and O–H groups in total.